The molecule has 0 unspecified atom stereocenters. The number of aromatic amines is 1. The van der Waals surface area contributed by atoms with Crippen LogP contribution in [-0.4, -0.2) is 32.7 Å². The number of aromatic nitrogens is 2. The fourth-order valence-electron chi connectivity index (χ4n) is 2.58. The zero-order chi connectivity index (χ0) is 14.8. The number of hydrogen-bond acceptors (Lipinski definition) is 3. The molecule has 0 radical (unpaired) electrons. The number of carbonyl (C=O) groups is 2. The van der Waals surface area contributed by atoms with Crippen LogP contribution < -0.4 is 5.32 Å². The molecule has 2 rings (SSSR count). The highest BCUT2D eigenvalue weighted by Crippen LogP contribution is 2.28. The predicted octanol–water partition coefficient (Wildman–Crippen LogP) is 2.05. The van der Waals surface area contributed by atoms with E-state index in [9.17, 15) is 14.7 Å². The molecule has 1 aliphatic rings. The topological polar surface area (TPSA) is 95.1 Å². The van der Waals surface area contributed by atoms with Crippen molar-refractivity contribution < 1.29 is 14.7 Å². The summed E-state index contributed by atoms with van der Waals surface area (Å²) in [5.41, 5.74) is -0.0187. The van der Waals surface area contributed by atoms with E-state index in [0.717, 1.165) is 25.0 Å². The Balaban J connectivity index is 2.13. The van der Waals surface area contributed by atoms with Gasteiger partial charge in [0.15, 0.2) is 0 Å². The van der Waals surface area contributed by atoms with Crippen LogP contribution in [0.5, 0.6) is 0 Å². The molecular weight excluding hydrogens is 258 g/mol. The second-order valence-electron chi connectivity index (χ2n) is 5.77. The van der Waals surface area contributed by atoms with Crippen molar-refractivity contribution in [3.8, 4) is 0 Å². The van der Waals surface area contributed by atoms with Gasteiger partial charge in [0, 0.05) is 5.69 Å². The molecule has 0 aromatic carbocycles. The average molecular weight is 279 g/mol. The largest absolute Gasteiger partial charge is 0.480 e. The number of rotatable bonds is 4. The molecule has 1 heterocycles. The van der Waals surface area contributed by atoms with E-state index in [2.05, 4.69) is 15.5 Å². The van der Waals surface area contributed by atoms with E-state index in [1.54, 1.807) is 6.07 Å². The van der Waals surface area contributed by atoms with Crippen molar-refractivity contribution in [2.75, 3.05) is 0 Å². The summed E-state index contributed by atoms with van der Waals surface area (Å²) in [6, 6.07) is 1.68. The van der Waals surface area contributed by atoms with Crippen LogP contribution in [0.3, 0.4) is 0 Å². The molecule has 1 fully saturated rings. The maximum atomic E-state index is 12.2. The summed E-state index contributed by atoms with van der Waals surface area (Å²) in [7, 11) is 0. The zero-order valence-corrected chi connectivity index (χ0v) is 11.9. The van der Waals surface area contributed by atoms with E-state index >= 15 is 0 Å². The highest BCUT2D eigenvalue weighted by Gasteiger charge is 2.41. The summed E-state index contributed by atoms with van der Waals surface area (Å²) in [4.78, 5) is 23.7. The molecule has 110 valence electrons. The maximum Gasteiger partial charge on any atom is 0.329 e. The third-order valence-corrected chi connectivity index (χ3v) is 3.92. The van der Waals surface area contributed by atoms with Gasteiger partial charge in [0.1, 0.15) is 11.2 Å². The highest BCUT2D eigenvalue weighted by atomic mass is 16.4. The molecule has 1 amide bonds. The van der Waals surface area contributed by atoms with Crippen LogP contribution in [0, 0.1) is 0 Å². The Morgan fingerprint density at radius 2 is 2.00 bits per heavy atom. The summed E-state index contributed by atoms with van der Waals surface area (Å²) < 4.78 is 0. The zero-order valence-electron chi connectivity index (χ0n) is 11.9. The van der Waals surface area contributed by atoms with Crippen molar-refractivity contribution in [3.63, 3.8) is 0 Å². The van der Waals surface area contributed by atoms with Crippen molar-refractivity contribution in [3.05, 3.63) is 17.5 Å². The van der Waals surface area contributed by atoms with Crippen molar-refractivity contribution in [2.45, 2.75) is 57.4 Å². The minimum Gasteiger partial charge on any atom is -0.480 e. The molecule has 1 aromatic rings. The first-order valence-electron chi connectivity index (χ1n) is 7.06. The smallest absolute Gasteiger partial charge is 0.329 e. The van der Waals surface area contributed by atoms with Crippen molar-refractivity contribution in [1.82, 2.24) is 15.5 Å². The lowest BCUT2D eigenvalue weighted by Gasteiger charge is -2.33. The van der Waals surface area contributed by atoms with E-state index in [1.165, 1.54) is 0 Å². The first kappa shape index (κ1) is 14.6. The Bertz CT molecular complexity index is 502. The minimum absolute atomic E-state index is 0.243. The van der Waals surface area contributed by atoms with Gasteiger partial charge in [0.2, 0.25) is 0 Å². The number of H-pyrrole nitrogens is 1. The van der Waals surface area contributed by atoms with Crippen LogP contribution in [0.4, 0.5) is 0 Å². The number of nitrogens with one attached hydrogen (secondary N) is 2. The maximum absolute atomic E-state index is 12.2. The lowest BCUT2D eigenvalue weighted by molar-refractivity contribution is -0.145. The predicted molar refractivity (Wildman–Crippen MR) is 73.6 cm³/mol. The SMILES string of the molecule is CC(C)c1cc(C(=O)NC2(C(=O)O)CCCCC2)n[nH]1. The summed E-state index contributed by atoms with van der Waals surface area (Å²) in [6.45, 7) is 3.99. The number of hydrogen-bond donors (Lipinski definition) is 3. The van der Waals surface area contributed by atoms with E-state index in [0.29, 0.717) is 12.8 Å². The molecular formula is C14H21N3O3. The van der Waals surface area contributed by atoms with Gasteiger partial charge < -0.3 is 10.4 Å². The monoisotopic (exact) mass is 279 g/mol. The summed E-state index contributed by atoms with van der Waals surface area (Å²) in [5, 5.41) is 18.9. The first-order chi connectivity index (χ1) is 9.44. The number of carboxylic acids is 1. The van der Waals surface area contributed by atoms with E-state index in [-0.39, 0.29) is 11.6 Å². The second kappa shape index (κ2) is 5.64. The van der Waals surface area contributed by atoms with Crippen LogP contribution >= 0.6 is 0 Å². The van der Waals surface area contributed by atoms with Crippen LogP contribution in [0.2, 0.25) is 0 Å². The van der Waals surface area contributed by atoms with Crippen molar-refractivity contribution in [1.29, 1.82) is 0 Å². The molecule has 0 bridgehead atoms. The number of carboxylic acid groups (broad SMARTS) is 1. The molecule has 1 aliphatic carbocycles. The second-order valence-corrected chi connectivity index (χ2v) is 5.77. The van der Waals surface area contributed by atoms with Crippen LogP contribution in [0.25, 0.3) is 0 Å². The molecule has 0 spiro atoms. The molecule has 0 atom stereocenters. The van der Waals surface area contributed by atoms with Gasteiger partial charge in [-0.15, -0.1) is 0 Å². The van der Waals surface area contributed by atoms with Gasteiger partial charge in [0.25, 0.3) is 5.91 Å². The van der Waals surface area contributed by atoms with Crippen molar-refractivity contribution >= 4 is 11.9 Å². The molecule has 6 nitrogen and oxygen atoms in total. The van der Waals surface area contributed by atoms with Crippen LogP contribution in [0.1, 0.15) is 68.1 Å². The molecule has 0 saturated heterocycles. The van der Waals surface area contributed by atoms with Gasteiger partial charge in [0.05, 0.1) is 0 Å². The molecule has 3 N–H and O–H groups in total. The Kier molecular flexibility index (Phi) is 4.11. The van der Waals surface area contributed by atoms with Crippen LogP contribution in [-0.2, 0) is 4.79 Å². The van der Waals surface area contributed by atoms with E-state index < -0.39 is 17.4 Å². The van der Waals surface area contributed by atoms with Gasteiger partial charge in [-0.05, 0) is 24.8 Å². The molecule has 6 heteroatoms. The van der Waals surface area contributed by atoms with Crippen LogP contribution in [0.15, 0.2) is 6.07 Å². The number of carbonyl (C=O) groups excluding carboxylic acids is 1. The fraction of sp³-hybridized carbons (Fsp3) is 0.643. The van der Waals surface area contributed by atoms with E-state index in [4.69, 9.17) is 0 Å². The summed E-state index contributed by atoms with van der Waals surface area (Å²) in [5.74, 6) is -1.13. The van der Waals surface area contributed by atoms with Gasteiger partial charge in [-0.3, -0.25) is 9.89 Å². The fourth-order valence-corrected chi connectivity index (χ4v) is 2.58. The average Bonchev–Trinajstić information content (AvgIpc) is 2.89. The third-order valence-electron chi connectivity index (χ3n) is 3.92. The molecule has 20 heavy (non-hydrogen) atoms. The molecule has 1 aromatic heterocycles. The molecule has 0 aliphatic heterocycles. The Hall–Kier alpha value is -1.85. The third kappa shape index (κ3) is 2.84. The Morgan fingerprint density at radius 3 is 2.50 bits per heavy atom. The van der Waals surface area contributed by atoms with E-state index in [1.807, 2.05) is 13.8 Å². The number of amides is 1. The first-order valence-corrected chi connectivity index (χ1v) is 7.06. The van der Waals surface area contributed by atoms with Gasteiger partial charge in [-0.1, -0.05) is 33.1 Å². The van der Waals surface area contributed by atoms with Crippen molar-refractivity contribution in [2.24, 2.45) is 0 Å². The lowest BCUT2D eigenvalue weighted by atomic mass is 9.81. The minimum atomic E-state index is -1.13. The summed E-state index contributed by atoms with van der Waals surface area (Å²) >= 11 is 0. The standard InChI is InChI=1S/C14H21N3O3/c1-9(2)10-8-11(17-16-10)12(18)15-14(13(19)20)6-4-3-5-7-14/h8-9H,3-7H2,1-2H3,(H,15,18)(H,16,17)(H,19,20). The molecule has 1 saturated carbocycles. The summed E-state index contributed by atoms with van der Waals surface area (Å²) in [6.07, 6.45) is 3.63. The van der Waals surface area contributed by atoms with Gasteiger partial charge in [-0.25, -0.2) is 4.79 Å². The number of aliphatic carboxylic acids is 1. The highest BCUT2D eigenvalue weighted by molar-refractivity contribution is 5.96. The quantitative estimate of drug-likeness (QED) is 0.786. The Morgan fingerprint density at radius 1 is 1.35 bits per heavy atom. The number of nitrogens with zero attached hydrogens (tertiary/aromatic N) is 1. The normalized spacial score (nSPS) is 17.9. The Labute approximate surface area is 118 Å². The lowest BCUT2D eigenvalue weighted by Crippen LogP contribution is -2.55. The van der Waals surface area contributed by atoms with Gasteiger partial charge in [-0.2, -0.15) is 5.10 Å². The van der Waals surface area contributed by atoms with Gasteiger partial charge >= 0.3 is 5.97 Å².